The Morgan fingerprint density at radius 1 is 1.47 bits per heavy atom. The monoisotopic (exact) mass is 295 g/mol. The maximum atomic E-state index is 3.80. The number of hydrogen-bond acceptors (Lipinski definition) is 1. The molecule has 1 rings (SSSR count). The van der Waals surface area contributed by atoms with Crippen molar-refractivity contribution in [1.29, 1.82) is 0 Å². The smallest absolute Gasteiger partial charge is 0.0323 e. The molecule has 0 aromatic heterocycles. The van der Waals surface area contributed by atoms with E-state index in [0.29, 0.717) is 6.04 Å². The van der Waals surface area contributed by atoms with Crippen LogP contribution < -0.4 is 5.32 Å². The van der Waals surface area contributed by atoms with Gasteiger partial charge in [0.1, 0.15) is 0 Å². The van der Waals surface area contributed by atoms with Crippen molar-refractivity contribution in [2.75, 3.05) is 6.54 Å². The summed E-state index contributed by atoms with van der Waals surface area (Å²) in [6.45, 7) is 9.18. The summed E-state index contributed by atoms with van der Waals surface area (Å²) in [6.07, 6.45) is 5.31. The Kier molecular flexibility index (Phi) is 6.53. The molecule has 0 saturated heterocycles. The first-order valence-electron chi connectivity index (χ1n) is 6.29. The Labute approximate surface area is 113 Å². The molecule has 1 N–H and O–H groups in total. The first-order valence-corrected chi connectivity index (χ1v) is 7.08. The van der Waals surface area contributed by atoms with Gasteiger partial charge in [0.25, 0.3) is 0 Å². The third-order valence-corrected chi connectivity index (χ3v) is 3.75. The minimum atomic E-state index is 0.435. The van der Waals surface area contributed by atoms with E-state index in [-0.39, 0.29) is 0 Å². The zero-order valence-electron chi connectivity index (χ0n) is 10.8. The molecule has 1 nitrogen and oxygen atoms in total. The fourth-order valence-corrected chi connectivity index (χ4v) is 2.21. The molecule has 94 valence electrons. The van der Waals surface area contributed by atoms with Gasteiger partial charge < -0.3 is 5.32 Å². The Morgan fingerprint density at radius 2 is 2.24 bits per heavy atom. The van der Waals surface area contributed by atoms with Crippen LogP contribution in [-0.4, -0.2) is 6.54 Å². The van der Waals surface area contributed by atoms with Crippen LogP contribution in [0.1, 0.15) is 43.4 Å². The summed E-state index contributed by atoms with van der Waals surface area (Å²) in [7, 11) is 0. The van der Waals surface area contributed by atoms with Crippen LogP contribution in [0, 0.1) is 6.92 Å². The summed E-state index contributed by atoms with van der Waals surface area (Å²) >= 11 is 3.60. The van der Waals surface area contributed by atoms with Gasteiger partial charge in [-0.1, -0.05) is 41.1 Å². The number of rotatable bonds is 7. The molecule has 0 saturated carbocycles. The van der Waals surface area contributed by atoms with Crippen molar-refractivity contribution < 1.29 is 0 Å². The van der Waals surface area contributed by atoms with Crippen LogP contribution in [0.3, 0.4) is 0 Å². The fraction of sp³-hybridized carbons (Fsp3) is 0.467. The Hall–Kier alpha value is -0.600. The number of allylic oxidation sites excluding steroid dienone is 1. The Morgan fingerprint density at radius 3 is 2.82 bits per heavy atom. The van der Waals surface area contributed by atoms with Crippen molar-refractivity contribution >= 4 is 15.9 Å². The lowest BCUT2D eigenvalue weighted by Crippen LogP contribution is -2.22. The van der Waals surface area contributed by atoms with E-state index in [0.717, 1.165) is 25.8 Å². The largest absolute Gasteiger partial charge is 0.310 e. The predicted molar refractivity (Wildman–Crippen MR) is 79.3 cm³/mol. The van der Waals surface area contributed by atoms with E-state index >= 15 is 0 Å². The highest BCUT2D eigenvalue weighted by atomic mass is 79.9. The van der Waals surface area contributed by atoms with Crippen LogP contribution in [-0.2, 0) is 0 Å². The van der Waals surface area contributed by atoms with Crippen LogP contribution in [0.25, 0.3) is 0 Å². The highest BCUT2D eigenvalue weighted by molar-refractivity contribution is 9.10. The molecule has 17 heavy (non-hydrogen) atoms. The second kappa shape index (κ2) is 7.67. The predicted octanol–water partition coefficient (Wildman–Crippen LogP) is 4.76. The molecule has 0 radical (unpaired) electrons. The molecule has 0 bridgehead atoms. The van der Waals surface area contributed by atoms with Crippen LogP contribution in [0.4, 0.5) is 0 Å². The zero-order chi connectivity index (χ0) is 12.7. The average molecular weight is 296 g/mol. The highest BCUT2D eigenvalue weighted by Gasteiger charge is 2.10. The van der Waals surface area contributed by atoms with Gasteiger partial charge in [0.05, 0.1) is 0 Å². The lowest BCUT2D eigenvalue weighted by atomic mass is 10.0. The van der Waals surface area contributed by atoms with E-state index in [4.69, 9.17) is 0 Å². The quantitative estimate of drug-likeness (QED) is 0.715. The van der Waals surface area contributed by atoms with Gasteiger partial charge >= 0.3 is 0 Å². The lowest BCUT2D eigenvalue weighted by molar-refractivity contribution is 0.503. The van der Waals surface area contributed by atoms with Crippen molar-refractivity contribution in [1.82, 2.24) is 5.32 Å². The van der Waals surface area contributed by atoms with Crippen molar-refractivity contribution in [3.8, 4) is 0 Å². The van der Waals surface area contributed by atoms with Crippen LogP contribution in [0.2, 0.25) is 0 Å². The summed E-state index contributed by atoms with van der Waals surface area (Å²) in [4.78, 5) is 0. The van der Waals surface area contributed by atoms with Crippen LogP contribution in [0.15, 0.2) is 35.3 Å². The first kappa shape index (κ1) is 14.5. The second-order valence-corrected chi connectivity index (χ2v) is 5.24. The van der Waals surface area contributed by atoms with Gasteiger partial charge in [-0.2, -0.15) is 0 Å². The normalized spacial score (nSPS) is 12.4. The standard InChI is InChI=1S/C15H22BrN/c1-4-6-7-15(17-10-5-2)13-9-8-12(3)14(16)11-13/h4,8-9,11,15,17H,1,5-7,10H2,2-3H3. The van der Waals surface area contributed by atoms with E-state index in [9.17, 15) is 0 Å². The Balaban J connectivity index is 2.78. The third-order valence-electron chi connectivity index (χ3n) is 2.90. The molecule has 1 atom stereocenters. The van der Waals surface area contributed by atoms with Gasteiger partial charge in [0.15, 0.2) is 0 Å². The first-order chi connectivity index (χ1) is 8.19. The molecule has 0 aliphatic carbocycles. The van der Waals surface area contributed by atoms with E-state index in [1.54, 1.807) is 0 Å². The van der Waals surface area contributed by atoms with E-state index in [1.807, 2.05) is 6.08 Å². The zero-order valence-corrected chi connectivity index (χ0v) is 12.4. The molecular formula is C15H22BrN. The topological polar surface area (TPSA) is 12.0 Å². The summed E-state index contributed by atoms with van der Waals surface area (Å²) in [5.41, 5.74) is 2.64. The minimum Gasteiger partial charge on any atom is -0.310 e. The average Bonchev–Trinajstić information content (AvgIpc) is 2.33. The maximum absolute atomic E-state index is 3.80. The van der Waals surface area contributed by atoms with Crippen molar-refractivity contribution in [2.45, 2.75) is 39.2 Å². The molecule has 1 unspecified atom stereocenters. The maximum Gasteiger partial charge on any atom is 0.0323 e. The van der Waals surface area contributed by atoms with E-state index in [2.05, 4.69) is 59.9 Å². The van der Waals surface area contributed by atoms with Gasteiger partial charge in [0.2, 0.25) is 0 Å². The molecule has 0 fully saturated rings. The second-order valence-electron chi connectivity index (χ2n) is 4.38. The van der Waals surface area contributed by atoms with E-state index < -0.39 is 0 Å². The molecule has 1 aromatic carbocycles. The van der Waals surface area contributed by atoms with E-state index in [1.165, 1.54) is 15.6 Å². The molecule has 0 amide bonds. The van der Waals surface area contributed by atoms with Gasteiger partial charge in [-0.05, 0) is 49.9 Å². The number of benzene rings is 1. The van der Waals surface area contributed by atoms with Crippen molar-refractivity contribution in [2.24, 2.45) is 0 Å². The summed E-state index contributed by atoms with van der Waals surface area (Å²) in [6, 6.07) is 7.06. The van der Waals surface area contributed by atoms with Crippen LogP contribution in [0.5, 0.6) is 0 Å². The molecule has 0 heterocycles. The Bertz CT molecular complexity index is 360. The number of halogens is 1. The summed E-state index contributed by atoms with van der Waals surface area (Å²) in [5.74, 6) is 0. The molecule has 1 aromatic rings. The van der Waals surface area contributed by atoms with Gasteiger partial charge in [-0.15, -0.1) is 6.58 Å². The SMILES string of the molecule is C=CCCC(NCCC)c1ccc(C)c(Br)c1. The number of aryl methyl sites for hydroxylation is 1. The molecular weight excluding hydrogens is 274 g/mol. The molecule has 0 aliphatic heterocycles. The van der Waals surface area contributed by atoms with Crippen LogP contribution >= 0.6 is 15.9 Å². The van der Waals surface area contributed by atoms with Crippen molar-refractivity contribution in [3.63, 3.8) is 0 Å². The third kappa shape index (κ3) is 4.64. The molecule has 0 aliphatic rings. The molecule has 2 heteroatoms. The highest BCUT2D eigenvalue weighted by Crippen LogP contribution is 2.24. The summed E-state index contributed by atoms with van der Waals surface area (Å²) < 4.78 is 1.19. The number of hydrogen-bond donors (Lipinski definition) is 1. The number of nitrogens with one attached hydrogen (secondary N) is 1. The molecule has 0 spiro atoms. The van der Waals surface area contributed by atoms with Gasteiger partial charge in [-0.25, -0.2) is 0 Å². The van der Waals surface area contributed by atoms with Gasteiger partial charge in [0, 0.05) is 10.5 Å². The van der Waals surface area contributed by atoms with Gasteiger partial charge in [-0.3, -0.25) is 0 Å². The fourth-order valence-electron chi connectivity index (χ4n) is 1.82. The lowest BCUT2D eigenvalue weighted by Gasteiger charge is -2.19. The summed E-state index contributed by atoms with van der Waals surface area (Å²) in [5, 5.41) is 3.60. The minimum absolute atomic E-state index is 0.435. The van der Waals surface area contributed by atoms with Crippen molar-refractivity contribution in [3.05, 3.63) is 46.5 Å².